The molecule has 2 atom stereocenters. The fraction of sp³-hybridized carbons (Fsp3) is 0.273. The molecule has 0 amide bonds. The van der Waals surface area contributed by atoms with E-state index in [1.54, 1.807) is 0 Å². The summed E-state index contributed by atoms with van der Waals surface area (Å²) in [6.45, 7) is 0. The Morgan fingerprint density at radius 2 is 1.75 bits per heavy atom. The minimum Gasteiger partial charge on any atom is -0.456 e. The van der Waals surface area contributed by atoms with Crippen molar-refractivity contribution in [3.63, 3.8) is 0 Å². The number of fused-ring (bicyclic) bond motifs is 4. The first kappa shape index (κ1) is 15.9. The molecule has 0 saturated carbocycles. The zero-order valence-electron chi connectivity index (χ0n) is 15.2. The zero-order chi connectivity index (χ0) is 18.7. The second-order valence-corrected chi connectivity index (χ2v) is 7.78. The number of aromatic amines is 1. The lowest BCUT2D eigenvalue weighted by atomic mass is 9.84. The van der Waals surface area contributed by atoms with Gasteiger partial charge in [-0.3, -0.25) is 9.51 Å². The minimum absolute atomic E-state index is 0.407. The number of hydrogen-bond donors (Lipinski definition) is 2. The van der Waals surface area contributed by atoms with Crippen LogP contribution >= 0.6 is 0 Å². The molecule has 0 aliphatic carbocycles. The Hall–Kier alpha value is -3.12. The SMILES string of the molecule is O=c1[nH]c(-c2ccc3c(c2)Oc2ccccc2C3=C2CC3CCC(C2)N3)no1. The maximum atomic E-state index is 11.3. The number of para-hydroxylation sites is 1. The molecule has 6 nitrogen and oxygen atoms in total. The normalized spacial score (nSPS) is 22.6. The Balaban J connectivity index is 1.53. The van der Waals surface area contributed by atoms with Crippen LogP contribution in [-0.2, 0) is 0 Å². The lowest BCUT2D eigenvalue weighted by Gasteiger charge is -2.30. The largest absolute Gasteiger partial charge is 0.456 e. The van der Waals surface area contributed by atoms with E-state index in [0.29, 0.717) is 17.9 Å². The summed E-state index contributed by atoms with van der Waals surface area (Å²) in [6.07, 6.45) is 4.67. The number of H-pyrrole nitrogens is 1. The molecule has 2 N–H and O–H groups in total. The smallest absolute Gasteiger partial charge is 0.439 e. The number of benzene rings is 2. The average Bonchev–Trinajstić information content (AvgIpc) is 3.30. The summed E-state index contributed by atoms with van der Waals surface area (Å²) in [5.41, 5.74) is 5.83. The quantitative estimate of drug-likeness (QED) is 0.530. The van der Waals surface area contributed by atoms with Gasteiger partial charge in [-0.25, -0.2) is 4.79 Å². The molecule has 140 valence electrons. The number of piperidine rings is 1. The van der Waals surface area contributed by atoms with Crippen LogP contribution in [0, 0.1) is 0 Å². The molecule has 0 spiro atoms. The molecule has 2 fully saturated rings. The molecule has 6 heteroatoms. The number of nitrogens with one attached hydrogen (secondary N) is 2. The summed E-state index contributed by atoms with van der Waals surface area (Å²) in [6, 6.07) is 15.3. The summed E-state index contributed by atoms with van der Waals surface area (Å²) < 4.78 is 10.9. The van der Waals surface area contributed by atoms with Gasteiger partial charge in [0, 0.05) is 28.8 Å². The Kier molecular flexibility index (Phi) is 3.37. The molecular weight excluding hydrogens is 354 g/mol. The Bertz CT molecular complexity index is 1160. The highest BCUT2D eigenvalue weighted by molar-refractivity contribution is 5.90. The van der Waals surface area contributed by atoms with Gasteiger partial charge in [0.25, 0.3) is 0 Å². The Morgan fingerprint density at radius 1 is 0.964 bits per heavy atom. The molecule has 3 aliphatic heterocycles. The van der Waals surface area contributed by atoms with Crippen molar-refractivity contribution in [3.05, 3.63) is 69.7 Å². The van der Waals surface area contributed by atoms with Gasteiger partial charge in [0.2, 0.25) is 0 Å². The summed E-state index contributed by atoms with van der Waals surface area (Å²) in [5, 5.41) is 7.52. The first-order chi connectivity index (χ1) is 13.7. The van der Waals surface area contributed by atoms with Crippen molar-refractivity contribution in [2.75, 3.05) is 0 Å². The van der Waals surface area contributed by atoms with Gasteiger partial charge in [0.05, 0.1) is 0 Å². The average molecular weight is 373 g/mol. The van der Waals surface area contributed by atoms with Gasteiger partial charge in [0.1, 0.15) is 11.5 Å². The molecule has 2 aromatic carbocycles. The Morgan fingerprint density at radius 3 is 2.54 bits per heavy atom. The highest BCUT2D eigenvalue weighted by Crippen LogP contribution is 2.48. The van der Waals surface area contributed by atoms with Crippen molar-refractivity contribution in [2.45, 2.75) is 37.8 Å². The molecular formula is C22H19N3O3. The second kappa shape index (κ2) is 5.94. The summed E-state index contributed by atoms with van der Waals surface area (Å²) in [4.78, 5) is 13.9. The third kappa shape index (κ3) is 2.45. The molecule has 2 bridgehead atoms. The topological polar surface area (TPSA) is 80.2 Å². The fourth-order valence-electron chi connectivity index (χ4n) is 4.83. The molecule has 1 aromatic heterocycles. The fourth-order valence-corrected chi connectivity index (χ4v) is 4.83. The summed E-state index contributed by atoms with van der Waals surface area (Å²) >= 11 is 0. The van der Waals surface area contributed by atoms with E-state index in [0.717, 1.165) is 41.0 Å². The van der Waals surface area contributed by atoms with E-state index in [1.807, 2.05) is 24.3 Å². The van der Waals surface area contributed by atoms with E-state index in [2.05, 4.69) is 38.2 Å². The summed E-state index contributed by atoms with van der Waals surface area (Å²) in [7, 11) is 0. The first-order valence-corrected chi connectivity index (χ1v) is 9.71. The van der Waals surface area contributed by atoms with Crippen molar-refractivity contribution < 1.29 is 9.26 Å². The zero-order valence-corrected chi connectivity index (χ0v) is 15.2. The molecule has 2 unspecified atom stereocenters. The number of rotatable bonds is 1. The maximum absolute atomic E-state index is 11.3. The van der Waals surface area contributed by atoms with Gasteiger partial charge in [-0.2, -0.15) is 0 Å². The van der Waals surface area contributed by atoms with Gasteiger partial charge < -0.3 is 10.1 Å². The monoisotopic (exact) mass is 373 g/mol. The van der Waals surface area contributed by atoms with Crippen LogP contribution in [0.2, 0.25) is 0 Å². The molecule has 3 aromatic rings. The molecule has 0 radical (unpaired) electrons. The third-order valence-corrected chi connectivity index (χ3v) is 6.02. The molecule has 3 aliphatic rings. The van der Waals surface area contributed by atoms with E-state index >= 15 is 0 Å². The Labute approximate surface area is 161 Å². The van der Waals surface area contributed by atoms with Crippen LogP contribution in [0.5, 0.6) is 11.5 Å². The van der Waals surface area contributed by atoms with E-state index in [4.69, 9.17) is 4.74 Å². The van der Waals surface area contributed by atoms with Crippen molar-refractivity contribution >= 4 is 5.57 Å². The first-order valence-electron chi connectivity index (χ1n) is 9.71. The van der Waals surface area contributed by atoms with E-state index in [-0.39, 0.29) is 0 Å². The van der Waals surface area contributed by atoms with Crippen molar-refractivity contribution in [1.82, 2.24) is 15.5 Å². The molecule has 6 rings (SSSR count). The van der Waals surface area contributed by atoms with Crippen LogP contribution in [-0.4, -0.2) is 22.2 Å². The molecule has 4 heterocycles. The lowest BCUT2D eigenvalue weighted by Crippen LogP contribution is -2.35. The molecule has 28 heavy (non-hydrogen) atoms. The maximum Gasteiger partial charge on any atom is 0.439 e. The van der Waals surface area contributed by atoms with Gasteiger partial charge >= 0.3 is 5.76 Å². The number of ether oxygens (including phenoxy) is 1. The van der Waals surface area contributed by atoms with Gasteiger partial charge in [-0.1, -0.05) is 35.0 Å². The predicted octanol–water partition coefficient (Wildman–Crippen LogP) is 3.85. The number of nitrogens with zero attached hydrogens (tertiary/aromatic N) is 1. The van der Waals surface area contributed by atoms with Crippen LogP contribution in [0.1, 0.15) is 36.8 Å². The number of aromatic nitrogens is 2. The van der Waals surface area contributed by atoms with Gasteiger partial charge in [0.15, 0.2) is 5.82 Å². The standard InChI is InChI=1S/C22H19N3O3/c26-22-24-21(25-28-22)12-5-8-17-19(11-12)27-18-4-2-1-3-16(18)20(17)13-9-14-6-7-15(10-13)23-14/h1-5,8,11,14-15,23H,6-7,9-10H2,(H,24,25,26). The van der Waals surface area contributed by atoms with Crippen LogP contribution < -0.4 is 15.8 Å². The minimum atomic E-state index is -0.563. The highest BCUT2D eigenvalue weighted by Gasteiger charge is 2.34. The lowest BCUT2D eigenvalue weighted by molar-refractivity contribution is 0.388. The predicted molar refractivity (Wildman–Crippen MR) is 104 cm³/mol. The van der Waals surface area contributed by atoms with Crippen molar-refractivity contribution in [3.8, 4) is 22.9 Å². The van der Waals surface area contributed by atoms with Crippen LogP contribution in [0.4, 0.5) is 0 Å². The second-order valence-electron chi connectivity index (χ2n) is 7.78. The van der Waals surface area contributed by atoms with Crippen molar-refractivity contribution in [1.29, 1.82) is 0 Å². The van der Waals surface area contributed by atoms with Crippen LogP contribution in [0.15, 0.2) is 57.4 Å². The highest BCUT2D eigenvalue weighted by atomic mass is 16.5. The van der Waals surface area contributed by atoms with Crippen LogP contribution in [0.3, 0.4) is 0 Å². The van der Waals surface area contributed by atoms with E-state index < -0.39 is 5.76 Å². The van der Waals surface area contributed by atoms with E-state index in [1.165, 1.54) is 24.0 Å². The third-order valence-electron chi connectivity index (χ3n) is 6.02. The van der Waals surface area contributed by atoms with Gasteiger partial charge in [-0.15, -0.1) is 0 Å². The number of hydrogen-bond acceptors (Lipinski definition) is 5. The van der Waals surface area contributed by atoms with Crippen molar-refractivity contribution in [2.24, 2.45) is 0 Å². The van der Waals surface area contributed by atoms with Crippen LogP contribution in [0.25, 0.3) is 17.0 Å². The van der Waals surface area contributed by atoms with E-state index in [9.17, 15) is 4.79 Å². The summed E-state index contributed by atoms with van der Waals surface area (Å²) in [5.74, 6) is 1.50. The van der Waals surface area contributed by atoms with Gasteiger partial charge in [-0.05, 0) is 49.5 Å². The molecule has 2 saturated heterocycles.